The number of nitrogens with zero attached hydrogens (tertiary/aromatic N) is 1. The number of benzene rings is 1. The van der Waals surface area contributed by atoms with E-state index >= 15 is 0 Å². The highest BCUT2D eigenvalue weighted by molar-refractivity contribution is 5.95. The number of hydrogen-bond acceptors (Lipinski definition) is 3. The Balaban J connectivity index is 1.84. The summed E-state index contributed by atoms with van der Waals surface area (Å²) in [5, 5.41) is 6.07. The third kappa shape index (κ3) is 6.07. The number of rotatable bonds is 8. The summed E-state index contributed by atoms with van der Waals surface area (Å²) < 4.78 is 0. The maximum atomic E-state index is 12.4. The van der Waals surface area contributed by atoms with Crippen LogP contribution in [-0.2, 0) is 4.79 Å². The zero-order chi connectivity index (χ0) is 18.1. The van der Waals surface area contributed by atoms with Crippen LogP contribution in [0.15, 0.2) is 24.3 Å². The van der Waals surface area contributed by atoms with Gasteiger partial charge in [0, 0.05) is 30.9 Å². The largest absolute Gasteiger partial charge is 0.376 e. The van der Waals surface area contributed by atoms with E-state index in [2.05, 4.69) is 17.6 Å². The monoisotopic (exact) mass is 345 g/mol. The van der Waals surface area contributed by atoms with Crippen LogP contribution >= 0.6 is 0 Å². The minimum atomic E-state index is -0.0669. The molecule has 0 aromatic heterocycles. The second kappa shape index (κ2) is 10.1. The van der Waals surface area contributed by atoms with Crippen molar-refractivity contribution in [3.63, 3.8) is 0 Å². The molecular formula is C20H31N3O2. The second-order valence-corrected chi connectivity index (χ2v) is 6.84. The fourth-order valence-electron chi connectivity index (χ4n) is 3.23. The lowest BCUT2D eigenvalue weighted by molar-refractivity contribution is -0.130. The van der Waals surface area contributed by atoms with Gasteiger partial charge >= 0.3 is 0 Å². The summed E-state index contributed by atoms with van der Waals surface area (Å²) in [7, 11) is 1.90. The Bertz CT molecular complexity index is 568. The number of nitrogens with one attached hydrogen (secondary N) is 2. The molecule has 5 nitrogen and oxygen atoms in total. The summed E-state index contributed by atoms with van der Waals surface area (Å²) in [6.45, 7) is 3.05. The molecule has 1 aromatic rings. The maximum absolute atomic E-state index is 12.4. The van der Waals surface area contributed by atoms with Crippen LogP contribution in [0.25, 0.3) is 0 Å². The van der Waals surface area contributed by atoms with Crippen molar-refractivity contribution in [1.29, 1.82) is 0 Å². The lowest BCUT2D eigenvalue weighted by Gasteiger charge is -2.31. The number of unbranched alkanes of at least 4 members (excludes halogenated alkanes) is 1. The highest BCUT2D eigenvalue weighted by atomic mass is 16.2. The summed E-state index contributed by atoms with van der Waals surface area (Å²) >= 11 is 0. The van der Waals surface area contributed by atoms with Gasteiger partial charge in [0.1, 0.15) is 0 Å². The standard InChI is InChI=1S/C20H31N3O2/c1-3-4-13-21-20(25)16-9-8-10-17(14-16)22-15-19(24)23(2)18-11-6-5-7-12-18/h8-10,14,18,22H,3-7,11-13,15H2,1-2H3,(H,21,25). The molecular weight excluding hydrogens is 314 g/mol. The molecule has 0 spiro atoms. The van der Waals surface area contributed by atoms with Crippen LogP contribution in [0.5, 0.6) is 0 Å². The fraction of sp³-hybridized carbons (Fsp3) is 0.600. The first-order valence-corrected chi connectivity index (χ1v) is 9.49. The quantitative estimate of drug-likeness (QED) is 0.710. The molecule has 0 unspecified atom stereocenters. The molecule has 5 heteroatoms. The first-order valence-electron chi connectivity index (χ1n) is 9.49. The Labute approximate surface area is 151 Å². The molecule has 138 valence electrons. The molecule has 0 radical (unpaired) electrons. The number of anilines is 1. The van der Waals surface area contributed by atoms with Crippen LogP contribution in [0.4, 0.5) is 5.69 Å². The predicted molar refractivity (Wildman–Crippen MR) is 102 cm³/mol. The van der Waals surface area contributed by atoms with Crippen molar-refractivity contribution >= 4 is 17.5 Å². The minimum Gasteiger partial charge on any atom is -0.376 e. The molecule has 2 N–H and O–H groups in total. The lowest BCUT2D eigenvalue weighted by atomic mass is 9.94. The van der Waals surface area contributed by atoms with E-state index in [0.717, 1.165) is 31.4 Å². The Morgan fingerprint density at radius 1 is 1.20 bits per heavy atom. The van der Waals surface area contributed by atoms with Crippen molar-refractivity contribution in [2.45, 2.75) is 57.9 Å². The molecule has 0 atom stereocenters. The van der Waals surface area contributed by atoms with Gasteiger partial charge in [-0.2, -0.15) is 0 Å². The van der Waals surface area contributed by atoms with Gasteiger partial charge in [0.05, 0.1) is 6.54 Å². The van der Waals surface area contributed by atoms with Gasteiger partial charge in [-0.05, 0) is 37.5 Å². The average Bonchev–Trinajstić information content (AvgIpc) is 2.66. The summed E-state index contributed by atoms with van der Waals surface area (Å²) in [5.41, 5.74) is 1.42. The molecule has 1 aliphatic carbocycles. The fourth-order valence-corrected chi connectivity index (χ4v) is 3.23. The van der Waals surface area contributed by atoms with E-state index in [1.807, 2.05) is 24.1 Å². The Morgan fingerprint density at radius 3 is 2.68 bits per heavy atom. The van der Waals surface area contributed by atoms with E-state index in [-0.39, 0.29) is 18.4 Å². The van der Waals surface area contributed by atoms with Gasteiger partial charge in [-0.1, -0.05) is 38.7 Å². The lowest BCUT2D eigenvalue weighted by Crippen LogP contribution is -2.41. The number of amides is 2. The third-order valence-electron chi connectivity index (χ3n) is 4.90. The number of likely N-dealkylation sites (N-methyl/N-ethyl adjacent to an activating group) is 1. The van der Waals surface area contributed by atoms with Crippen molar-refractivity contribution in [2.24, 2.45) is 0 Å². The van der Waals surface area contributed by atoms with Crippen molar-refractivity contribution in [2.75, 3.05) is 25.5 Å². The zero-order valence-electron chi connectivity index (χ0n) is 15.5. The van der Waals surface area contributed by atoms with Crippen LogP contribution in [0.1, 0.15) is 62.2 Å². The summed E-state index contributed by atoms with van der Waals surface area (Å²) in [6, 6.07) is 7.69. The molecule has 1 aliphatic rings. The molecule has 0 bridgehead atoms. The van der Waals surface area contributed by atoms with Gasteiger partial charge in [-0.15, -0.1) is 0 Å². The summed E-state index contributed by atoms with van der Waals surface area (Å²) in [4.78, 5) is 26.4. The molecule has 1 fully saturated rings. The molecule has 0 saturated heterocycles. The van der Waals surface area contributed by atoms with E-state index in [0.29, 0.717) is 18.2 Å². The van der Waals surface area contributed by atoms with Gasteiger partial charge in [-0.3, -0.25) is 9.59 Å². The Hall–Kier alpha value is -2.04. The van der Waals surface area contributed by atoms with E-state index in [4.69, 9.17) is 0 Å². The SMILES string of the molecule is CCCCNC(=O)c1cccc(NCC(=O)N(C)C2CCCCC2)c1. The van der Waals surface area contributed by atoms with E-state index in [9.17, 15) is 9.59 Å². The number of carbonyl (C=O) groups excluding carboxylic acids is 2. The van der Waals surface area contributed by atoms with Crippen LogP contribution in [0.3, 0.4) is 0 Å². The second-order valence-electron chi connectivity index (χ2n) is 6.84. The first kappa shape index (κ1) is 19.3. The van der Waals surface area contributed by atoms with Crippen molar-refractivity contribution in [3.8, 4) is 0 Å². The summed E-state index contributed by atoms with van der Waals surface area (Å²) in [5.74, 6) is 0.0347. The minimum absolute atomic E-state index is 0.0669. The predicted octanol–water partition coefficient (Wildman–Crippen LogP) is 3.42. The molecule has 2 amide bonds. The van der Waals surface area contributed by atoms with E-state index < -0.39 is 0 Å². The van der Waals surface area contributed by atoms with Gasteiger partial charge in [-0.25, -0.2) is 0 Å². The van der Waals surface area contributed by atoms with E-state index in [1.165, 1.54) is 19.3 Å². The number of hydrogen-bond donors (Lipinski definition) is 2. The third-order valence-corrected chi connectivity index (χ3v) is 4.90. The molecule has 0 aliphatic heterocycles. The van der Waals surface area contributed by atoms with Gasteiger partial charge < -0.3 is 15.5 Å². The van der Waals surface area contributed by atoms with Gasteiger partial charge in [0.2, 0.25) is 5.91 Å². The van der Waals surface area contributed by atoms with Crippen LogP contribution in [-0.4, -0.2) is 42.9 Å². The normalized spacial score (nSPS) is 14.8. The highest BCUT2D eigenvalue weighted by Gasteiger charge is 2.21. The summed E-state index contributed by atoms with van der Waals surface area (Å²) in [6.07, 6.45) is 7.95. The molecule has 2 rings (SSSR count). The van der Waals surface area contributed by atoms with Crippen LogP contribution in [0, 0.1) is 0 Å². The number of carbonyl (C=O) groups is 2. The highest BCUT2D eigenvalue weighted by Crippen LogP contribution is 2.21. The van der Waals surface area contributed by atoms with Crippen molar-refractivity contribution in [3.05, 3.63) is 29.8 Å². The van der Waals surface area contributed by atoms with Crippen molar-refractivity contribution < 1.29 is 9.59 Å². The van der Waals surface area contributed by atoms with E-state index in [1.54, 1.807) is 12.1 Å². The van der Waals surface area contributed by atoms with Crippen LogP contribution < -0.4 is 10.6 Å². The van der Waals surface area contributed by atoms with Gasteiger partial charge in [0.25, 0.3) is 5.91 Å². The Kier molecular flexibility index (Phi) is 7.76. The Morgan fingerprint density at radius 2 is 1.96 bits per heavy atom. The molecule has 1 aromatic carbocycles. The smallest absolute Gasteiger partial charge is 0.251 e. The first-order chi connectivity index (χ1) is 12.1. The van der Waals surface area contributed by atoms with Crippen LogP contribution in [0.2, 0.25) is 0 Å². The topological polar surface area (TPSA) is 61.4 Å². The molecule has 25 heavy (non-hydrogen) atoms. The van der Waals surface area contributed by atoms with Gasteiger partial charge in [0.15, 0.2) is 0 Å². The molecule has 1 saturated carbocycles. The average molecular weight is 345 g/mol. The van der Waals surface area contributed by atoms with Crippen molar-refractivity contribution in [1.82, 2.24) is 10.2 Å². The molecule has 0 heterocycles. The maximum Gasteiger partial charge on any atom is 0.251 e. The zero-order valence-corrected chi connectivity index (χ0v) is 15.5.